The predicted molar refractivity (Wildman–Crippen MR) is 101 cm³/mol. The molecule has 0 aromatic heterocycles. The molecule has 0 saturated carbocycles. The lowest BCUT2D eigenvalue weighted by Crippen LogP contribution is -2.46. The second kappa shape index (κ2) is 10.9. The number of aliphatic imine (C=N–C) groups is 1. The van der Waals surface area contributed by atoms with Crippen molar-refractivity contribution in [2.75, 3.05) is 53.6 Å². The molecular weight excluding hydrogens is 304 g/mol. The molecule has 2 N–H and O–H groups in total. The van der Waals surface area contributed by atoms with Gasteiger partial charge in [-0.05, 0) is 31.7 Å². The highest BCUT2D eigenvalue weighted by Gasteiger charge is 2.25. The molecule has 0 aromatic rings. The number of likely N-dealkylation sites (tertiary alicyclic amines) is 1. The van der Waals surface area contributed by atoms with Crippen LogP contribution in [0.15, 0.2) is 4.99 Å². The summed E-state index contributed by atoms with van der Waals surface area (Å²) in [6.45, 7) is 14.1. The van der Waals surface area contributed by atoms with Crippen molar-refractivity contribution in [2.24, 2.45) is 10.4 Å². The highest BCUT2D eigenvalue weighted by atomic mass is 16.5. The summed E-state index contributed by atoms with van der Waals surface area (Å²) in [4.78, 5) is 7.23. The van der Waals surface area contributed by atoms with E-state index in [1.807, 2.05) is 0 Å². The van der Waals surface area contributed by atoms with Crippen LogP contribution >= 0.6 is 0 Å². The highest BCUT2D eigenvalue weighted by Crippen LogP contribution is 2.21. The molecule has 6 heteroatoms. The molecule has 1 aliphatic heterocycles. The number of nitrogens with one attached hydrogen (secondary N) is 2. The maximum absolute atomic E-state index is 5.60. The van der Waals surface area contributed by atoms with Crippen molar-refractivity contribution in [1.82, 2.24) is 15.5 Å². The van der Waals surface area contributed by atoms with Gasteiger partial charge < -0.3 is 20.1 Å². The third-order valence-corrected chi connectivity index (χ3v) is 4.60. The summed E-state index contributed by atoms with van der Waals surface area (Å²) in [7, 11) is 3.53. The van der Waals surface area contributed by atoms with Gasteiger partial charge in [-0.2, -0.15) is 0 Å². The zero-order chi connectivity index (χ0) is 18.0. The van der Waals surface area contributed by atoms with Crippen molar-refractivity contribution < 1.29 is 9.47 Å². The van der Waals surface area contributed by atoms with Gasteiger partial charge in [0.2, 0.25) is 0 Å². The van der Waals surface area contributed by atoms with Crippen LogP contribution in [0.25, 0.3) is 0 Å². The topological polar surface area (TPSA) is 58.1 Å². The Morgan fingerprint density at radius 3 is 2.62 bits per heavy atom. The molecular formula is C18H38N4O2. The summed E-state index contributed by atoms with van der Waals surface area (Å²) in [6.07, 6.45) is 2.61. The van der Waals surface area contributed by atoms with Crippen LogP contribution in [0.3, 0.4) is 0 Å². The minimum atomic E-state index is 0.0813. The van der Waals surface area contributed by atoms with Crippen LogP contribution in [0, 0.1) is 5.41 Å². The van der Waals surface area contributed by atoms with Crippen molar-refractivity contribution in [3.05, 3.63) is 0 Å². The molecule has 6 nitrogen and oxygen atoms in total. The molecule has 1 fully saturated rings. The first-order chi connectivity index (χ1) is 11.4. The van der Waals surface area contributed by atoms with Gasteiger partial charge in [-0.15, -0.1) is 0 Å². The van der Waals surface area contributed by atoms with Gasteiger partial charge in [0, 0.05) is 39.9 Å². The Hall–Kier alpha value is -0.850. The standard InChI is InChI=1S/C18H38N4O2/c1-7-19-17(21-14-16(24-6)18(2,3)4)20-13-15-9-8-10-22(15)11-12-23-5/h15-16H,7-14H2,1-6H3,(H2,19,20,21). The lowest BCUT2D eigenvalue weighted by molar-refractivity contribution is 0.0241. The first-order valence-corrected chi connectivity index (χ1v) is 9.20. The molecule has 2 atom stereocenters. The fourth-order valence-corrected chi connectivity index (χ4v) is 3.06. The highest BCUT2D eigenvalue weighted by molar-refractivity contribution is 5.79. The maximum Gasteiger partial charge on any atom is 0.191 e. The molecule has 0 spiro atoms. The van der Waals surface area contributed by atoms with Crippen LogP contribution in [-0.4, -0.2) is 76.6 Å². The number of rotatable bonds is 9. The number of guanidine groups is 1. The van der Waals surface area contributed by atoms with E-state index in [4.69, 9.17) is 14.5 Å². The molecule has 0 radical (unpaired) electrons. The Bertz CT molecular complexity index is 369. The minimum Gasteiger partial charge on any atom is -0.383 e. The third kappa shape index (κ3) is 7.36. The summed E-state index contributed by atoms with van der Waals surface area (Å²) in [5.74, 6) is 0.877. The molecule has 2 unspecified atom stereocenters. The second-order valence-corrected chi connectivity index (χ2v) is 7.52. The van der Waals surface area contributed by atoms with Crippen LogP contribution < -0.4 is 10.6 Å². The molecule has 0 aliphatic carbocycles. The van der Waals surface area contributed by atoms with Crippen LogP contribution in [0.2, 0.25) is 0 Å². The third-order valence-electron chi connectivity index (χ3n) is 4.60. The maximum atomic E-state index is 5.60. The van der Waals surface area contributed by atoms with Gasteiger partial charge in [0.25, 0.3) is 0 Å². The number of methoxy groups -OCH3 is 2. The van der Waals surface area contributed by atoms with E-state index >= 15 is 0 Å². The summed E-state index contributed by atoms with van der Waals surface area (Å²) in [5.41, 5.74) is 0.0813. The Morgan fingerprint density at radius 2 is 2.04 bits per heavy atom. The fraction of sp³-hybridized carbons (Fsp3) is 0.944. The molecule has 1 aliphatic rings. The van der Waals surface area contributed by atoms with E-state index in [-0.39, 0.29) is 11.5 Å². The van der Waals surface area contributed by atoms with Gasteiger partial charge in [-0.25, -0.2) is 0 Å². The van der Waals surface area contributed by atoms with Gasteiger partial charge in [-0.3, -0.25) is 9.89 Å². The van der Waals surface area contributed by atoms with Crippen molar-refractivity contribution >= 4 is 5.96 Å². The van der Waals surface area contributed by atoms with Crippen molar-refractivity contribution in [3.63, 3.8) is 0 Å². The molecule has 1 saturated heterocycles. The molecule has 0 amide bonds. The van der Waals surface area contributed by atoms with Crippen molar-refractivity contribution in [3.8, 4) is 0 Å². The quantitative estimate of drug-likeness (QED) is 0.493. The Labute approximate surface area is 148 Å². The number of ether oxygens (including phenoxy) is 2. The van der Waals surface area contributed by atoms with Gasteiger partial charge in [-0.1, -0.05) is 20.8 Å². The van der Waals surface area contributed by atoms with E-state index < -0.39 is 0 Å². The van der Waals surface area contributed by atoms with Gasteiger partial charge in [0.05, 0.1) is 19.3 Å². The van der Waals surface area contributed by atoms with E-state index in [2.05, 4.69) is 43.2 Å². The van der Waals surface area contributed by atoms with E-state index in [1.54, 1.807) is 14.2 Å². The van der Waals surface area contributed by atoms with Crippen LogP contribution in [-0.2, 0) is 9.47 Å². The first kappa shape index (κ1) is 21.2. The van der Waals surface area contributed by atoms with Crippen LogP contribution in [0.1, 0.15) is 40.5 Å². The second-order valence-electron chi connectivity index (χ2n) is 7.52. The predicted octanol–water partition coefficient (Wildman–Crippen LogP) is 1.71. The molecule has 142 valence electrons. The number of hydrogen-bond acceptors (Lipinski definition) is 4. The van der Waals surface area contributed by atoms with E-state index in [1.165, 1.54) is 19.4 Å². The molecule has 24 heavy (non-hydrogen) atoms. The average molecular weight is 343 g/mol. The summed E-state index contributed by atoms with van der Waals surface area (Å²) in [5, 5.41) is 6.84. The summed E-state index contributed by atoms with van der Waals surface area (Å²) >= 11 is 0. The monoisotopic (exact) mass is 342 g/mol. The van der Waals surface area contributed by atoms with Gasteiger partial charge >= 0.3 is 0 Å². The SMILES string of the molecule is CCNC(=NCC(OC)C(C)(C)C)NCC1CCCN1CCOC. The van der Waals surface area contributed by atoms with E-state index in [9.17, 15) is 0 Å². The minimum absolute atomic E-state index is 0.0813. The lowest BCUT2D eigenvalue weighted by Gasteiger charge is -2.28. The van der Waals surface area contributed by atoms with Crippen molar-refractivity contribution in [2.45, 2.75) is 52.7 Å². The molecule has 1 heterocycles. The number of hydrogen-bond donors (Lipinski definition) is 2. The molecule has 1 rings (SSSR count). The fourth-order valence-electron chi connectivity index (χ4n) is 3.06. The molecule has 0 bridgehead atoms. The smallest absolute Gasteiger partial charge is 0.191 e. The summed E-state index contributed by atoms with van der Waals surface area (Å²) in [6, 6.07) is 0.560. The van der Waals surface area contributed by atoms with Crippen LogP contribution in [0.4, 0.5) is 0 Å². The molecule has 0 aromatic carbocycles. The largest absolute Gasteiger partial charge is 0.383 e. The Morgan fingerprint density at radius 1 is 1.29 bits per heavy atom. The first-order valence-electron chi connectivity index (χ1n) is 9.20. The zero-order valence-corrected chi connectivity index (χ0v) is 16.5. The normalized spacial score (nSPS) is 21.1. The zero-order valence-electron chi connectivity index (χ0n) is 16.5. The number of nitrogens with zero attached hydrogens (tertiary/aromatic N) is 2. The van der Waals surface area contributed by atoms with Gasteiger partial charge in [0.1, 0.15) is 0 Å². The van der Waals surface area contributed by atoms with Crippen molar-refractivity contribution in [1.29, 1.82) is 0 Å². The Balaban J connectivity index is 2.54. The Kier molecular flexibility index (Phi) is 9.63. The average Bonchev–Trinajstić information content (AvgIpc) is 2.97. The van der Waals surface area contributed by atoms with Crippen LogP contribution in [0.5, 0.6) is 0 Å². The van der Waals surface area contributed by atoms with E-state index in [0.29, 0.717) is 12.6 Å². The summed E-state index contributed by atoms with van der Waals surface area (Å²) < 4.78 is 10.8. The van der Waals surface area contributed by atoms with E-state index in [0.717, 1.165) is 32.2 Å². The van der Waals surface area contributed by atoms with Gasteiger partial charge in [0.15, 0.2) is 5.96 Å². The lowest BCUT2D eigenvalue weighted by atomic mass is 9.89.